The minimum atomic E-state index is -0.437. The van der Waals surface area contributed by atoms with E-state index in [4.69, 9.17) is 14.3 Å². The van der Waals surface area contributed by atoms with Crippen LogP contribution < -0.4 is 0 Å². The Bertz CT molecular complexity index is 287. The Morgan fingerprint density at radius 2 is 2.21 bits per heavy atom. The smallest absolute Gasteiger partial charge is 0.163 e. The first-order valence-corrected chi connectivity index (χ1v) is 5.20. The molecule has 1 saturated carbocycles. The van der Waals surface area contributed by atoms with Gasteiger partial charge in [-0.25, -0.2) is 0 Å². The van der Waals surface area contributed by atoms with E-state index in [1.165, 1.54) is 0 Å². The van der Waals surface area contributed by atoms with Gasteiger partial charge in [0.1, 0.15) is 6.61 Å². The van der Waals surface area contributed by atoms with Crippen LogP contribution in [0, 0.1) is 5.92 Å². The number of hydrogen-bond donors (Lipinski definition) is 0. The van der Waals surface area contributed by atoms with Crippen LogP contribution in [0.3, 0.4) is 0 Å². The predicted octanol–water partition coefficient (Wildman–Crippen LogP) is 1.30. The molecule has 2 aliphatic heterocycles. The molecule has 0 N–H and O–H groups in total. The van der Waals surface area contributed by atoms with Crippen molar-refractivity contribution < 1.29 is 14.3 Å². The molecule has 2 heterocycles. The summed E-state index contributed by atoms with van der Waals surface area (Å²) in [5.41, 5.74) is 1.16. The van der Waals surface area contributed by atoms with E-state index in [1.807, 2.05) is 13.8 Å². The van der Waals surface area contributed by atoms with Crippen molar-refractivity contribution in [3.8, 4) is 0 Å². The molecule has 4 nitrogen and oxygen atoms in total. The van der Waals surface area contributed by atoms with Crippen LogP contribution in [0.4, 0.5) is 0 Å². The van der Waals surface area contributed by atoms with Crippen LogP contribution in [0.2, 0.25) is 0 Å². The minimum absolute atomic E-state index is 0.153. The van der Waals surface area contributed by atoms with Gasteiger partial charge in [0.2, 0.25) is 0 Å². The highest BCUT2D eigenvalue weighted by Crippen LogP contribution is 2.40. The highest BCUT2D eigenvalue weighted by Gasteiger charge is 2.50. The summed E-state index contributed by atoms with van der Waals surface area (Å²) >= 11 is 0. The zero-order valence-electron chi connectivity index (χ0n) is 8.53. The molecule has 0 spiro atoms. The van der Waals surface area contributed by atoms with Gasteiger partial charge in [-0.3, -0.25) is 0 Å². The Hall–Kier alpha value is -0.610. The first-order valence-electron chi connectivity index (χ1n) is 5.20. The fourth-order valence-corrected chi connectivity index (χ4v) is 2.60. The molecule has 1 unspecified atom stereocenters. The van der Waals surface area contributed by atoms with Gasteiger partial charge in [0.05, 0.1) is 23.8 Å². The highest BCUT2D eigenvalue weighted by atomic mass is 16.8. The molecule has 14 heavy (non-hydrogen) atoms. The Balaban J connectivity index is 1.85. The third-order valence-corrected chi connectivity index (χ3v) is 3.17. The summed E-state index contributed by atoms with van der Waals surface area (Å²) in [6.45, 7) is 4.60. The molecule has 0 bridgehead atoms. The van der Waals surface area contributed by atoms with Crippen molar-refractivity contribution in [3.63, 3.8) is 0 Å². The van der Waals surface area contributed by atoms with Crippen LogP contribution in [-0.4, -0.2) is 30.3 Å². The molecule has 1 saturated heterocycles. The van der Waals surface area contributed by atoms with E-state index in [9.17, 15) is 0 Å². The van der Waals surface area contributed by atoms with Gasteiger partial charge in [0, 0.05) is 0 Å². The summed E-state index contributed by atoms with van der Waals surface area (Å²) in [6, 6.07) is 0. The van der Waals surface area contributed by atoms with E-state index in [1.54, 1.807) is 0 Å². The quantitative estimate of drug-likeness (QED) is 0.587. The van der Waals surface area contributed by atoms with Crippen molar-refractivity contribution in [2.45, 2.75) is 44.7 Å². The Labute approximate surface area is 83.2 Å². The summed E-state index contributed by atoms with van der Waals surface area (Å²) in [7, 11) is 0. The zero-order valence-corrected chi connectivity index (χ0v) is 8.53. The van der Waals surface area contributed by atoms with Gasteiger partial charge < -0.3 is 14.3 Å². The van der Waals surface area contributed by atoms with Gasteiger partial charge in [0.15, 0.2) is 5.79 Å². The first-order chi connectivity index (χ1) is 6.66. The van der Waals surface area contributed by atoms with Crippen molar-refractivity contribution in [2.24, 2.45) is 11.1 Å². The van der Waals surface area contributed by atoms with E-state index < -0.39 is 5.79 Å². The van der Waals surface area contributed by atoms with Crippen molar-refractivity contribution in [3.05, 3.63) is 0 Å². The fraction of sp³-hybridized carbons (Fsp3) is 0.900. The van der Waals surface area contributed by atoms with Crippen LogP contribution in [0.15, 0.2) is 5.16 Å². The van der Waals surface area contributed by atoms with Crippen molar-refractivity contribution >= 4 is 5.71 Å². The average Bonchev–Trinajstić information content (AvgIpc) is 2.64. The summed E-state index contributed by atoms with van der Waals surface area (Å²) in [4.78, 5) is 5.12. The summed E-state index contributed by atoms with van der Waals surface area (Å²) in [5, 5.41) is 4.05. The molecule has 4 heteroatoms. The first kappa shape index (κ1) is 8.68. The monoisotopic (exact) mass is 197 g/mol. The standard InChI is InChI=1S/C10H15NO3/c1-10(2)13-8-4-3-7-6(5-12-11-7)9(8)14-10/h6,8-9H,3-5H2,1-2H3/t6?,8-,9-/m1/s1. The number of nitrogens with zero attached hydrogens (tertiary/aromatic N) is 1. The third kappa shape index (κ3) is 1.17. The van der Waals surface area contributed by atoms with E-state index in [0.717, 1.165) is 18.6 Å². The van der Waals surface area contributed by atoms with E-state index in [2.05, 4.69) is 5.16 Å². The number of ether oxygens (including phenoxy) is 2. The van der Waals surface area contributed by atoms with Gasteiger partial charge in [-0.05, 0) is 26.7 Å². The Morgan fingerprint density at radius 1 is 1.36 bits per heavy atom. The molecule has 78 valence electrons. The number of oxime groups is 1. The molecule has 0 radical (unpaired) electrons. The van der Waals surface area contributed by atoms with Crippen molar-refractivity contribution in [1.82, 2.24) is 0 Å². The zero-order chi connectivity index (χ0) is 9.76. The molecule has 0 aromatic rings. The van der Waals surface area contributed by atoms with Crippen molar-refractivity contribution in [1.29, 1.82) is 0 Å². The number of fused-ring (bicyclic) bond motifs is 3. The summed E-state index contributed by atoms with van der Waals surface area (Å²) in [6.07, 6.45) is 2.38. The molecular weight excluding hydrogens is 182 g/mol. The SMILES string of the molecule is CC1(C)O[C@@H]2C3CON=C3CC[C@H]2O1. The molecular formula is C10H15NO3. The maximum absolute atomic E-state index is 5.88. The topological polar surface area (TPSA) is 40.0 Å². The lowest BCUT2D eigenvalue weighted by Crippen LogP contribution is -2.40. The average molecular weight is 197 g/mol. The highest BCUT2D eigenvalue weighted by molar-refractivity contribution is 5.88. The summed E-state index contributed by atoms with van der Waals surface area (Å²) < 4.78 is 11.7. The second-order valence-electron chi connectivity index (χ2n) is 4.66. The van der Waals surface area contributed by atoms with Crippen LogP contribution in [0.1, 0.15) is 26.7 Å². The van der Waals surface area contributed by atoms with E-state index >= 15 is 0 Å². The fourth-order valence-electron chi connectivity index (χ4n) is 2.60. The lowest BCUT2D eigenvalue weighted by atomic mass is 9.84. The number of rotatable bonds is 0. The van der Waals surface area contributed by atoms with Gasteiger partial charge in [0.25, 0.3) is 0 Å². The maximum Gasteiger partial charge on any atom is 0.163 e. The van der Waals surface area contributed by atoms with E-state index in [-0.39, 0.29) is 12.2 Å². The Kier molecular flexibility index (Phi) is 1.67. The Morgan fingerprint density at radius 3 is 3.07 bits per heavy atom. The lowest BCUT2D eigenvalue weighted by Gasteiger charge is -2.27. The summed E-state index contributed by atoms with van der Waals surface area (Å²) in [5.74, 6) is -0.108. The molecule has 0 amide bonds. The lowest BCUT2D eigenvalue weighted by molar-refractivity contribution is -0.148. The van der Waals surface area contributed by atoms with Gasteiger partial charge in [-0.2, -0.15) is 0 Å². The van der Waals surface area contributed by atoms with Crippen LogP contribution in [0.25, 0.3) is 0 Å². The molecule has 0 aromatic carbocycles. The molecule has 1 aliphatic carbocycles. The third-order valence-electron chi connectivity index (χ3n) is 3.17. The van der Waals surface area contributed by atoms with Gasteiger partial charge in [-0.15, -0.1) is 0 Å². The molecule has 3 atom stereocenters. The molecule has 2 fully saturated rings. The van der Waals surface area contributed by atoms with Crippen LogP contribution in [-0.2, 0) is 14.3 Å². The molecule has 3 rings (SSSR count). The normalized spacial score (nSPS) is 43.9. The maximum atomic E-state index is 5.88. The second-order valence-corrected chi connectivity index (χ2v) is 4.66. The van der Waals surface area contributed by atoms with E-state index in [0.29, 0.717) is 12.5 Å². The predicted molar refractivity (Wildman–Crippen MR) is 49.9 cm³/mol. The molecule has 3 aliphatic rings. The minimum Gasteiger partial charge on any atom is -0.395 e. The second kappa shape index (κ2) is 2.70. The number of hydrogen-bond acceptors (Lipinski definition) is 4. The molecule has 0 aromatic heterocycles. The van der Waals surface area contributed by atoms with Crippen LogP contribution in [0.5, 0.6) is 0 Å². The van der Waals surface area contributed by atoms with Gasteiger partial charge in [-0.1, -0.05) is 5.16 Å². The van der Waals surface area contributed by atoms with Crippen LogP contribution >= 0.6 is 0 Å². The largest absolute Gasteiger partial charge is 0.395 e. The van der Waals surface area contributed by atoms with Gasteiger partial charge >= 0.3 is 0 Å². The van der Waals surface area contributed by atoms with Crippen molar-refractivity contribution in [2.75, 3.05) is 6.61 Å².